The molecule has 0 saturated heterocycles. The zero-order valence-electron chi connectivity index (χ0n) is 9.46. The lowest BCUT2D eigenvalue weighted by molar-refractivity contribution is 0.190. The predicted molar refractivity (Wildman–Crippen MR) is 59.6 cm³/mol. The van der Waals surface area contributed by atoms with Gasteiger partial charge in [0.05, 0.1) is 0 Å². The summed E-state index contributed by atoms with van der Waals surface area (Å²) < 4.78 is 0. The van der Waals surface area contributed by atoms with E-state index in [2.05, 4.69) is 10.6 Å². The number of hydrogen-bond acceptors (Lipinski definition) is 2. The van der Waals surface area contributed by atoms with Crippen LogP contribution in [0.4, 0.5) is 4.79 Å². The predicted octanol–water partition coefficient (Wildman–Crippen LogP) is 1.10. The first-order valence-corrected chi connectivity index (χ1v) is 5.90. The van der Waals surface area contributed by atoms with Crippen LogP contribution in [0.5, 0.6) is 0 Å². The van der Waals surface area contributed by atoms with Gasteiger partial charge in [0.2, 0.25) is 0 Å². The van der Waals surface area contributed by atoms with E-state index in [9.17, 15) is 4.79 Å². The van der Waals surface area contributed by atoms with Crippen molar-refractivity contribution >= 4 is 6.03 Å². The summed E-state index contributed by atoms with van der Waals surface area (Å²) in [6.07, 6.45) is 4.35. The zero-order valence-corrected chi connectivity index (χ0v) is 9.46. The minimum atomic E-state index is -0.0829. The molecule has 1 saturated carbocycles. The third-order valence-electron chi connectivity index (χ3n) is 3.11. The molecular weight excluding hydrogens is 192 g/mol. The normalized spacial score (nSPS) is 25.2. The highest BCUT2D eigenvalue weighted by molar-refractivity contribution is 5.73. The van der Waals surface area contributed by atoms with Crippen molar-refractivity contribution in [2.45, 2.75) is 32.6 Å². The summed E-state index contributed by atoms with van der Waals surface area (Å²) in [4.78, 5) is 11.3. The Balaban J connectivity index is 2.15. The number of aliphatic hydroxyl groups excluding tert-OH is 1. The quantitative estimate of drug-likeness (QED) is 0.642. The van der Waals surface area contributed by atoms with Gasteiger partial charge in [0.15, 0.2) is 0 Å². The maximum Gasteiger partial charge on any atom is 0.314 e. The third kappa shape index (κ3) is 4.08. The summed E-state index contributed by atoms with van der Waals surface area (Å²) in [5.74, 6) is 0.846. The zero-order chi connectivity index (χ0) is 11.1. The average molecular weight is 214 g/mol. The molecule has 0 bridgehead atoms. The molecule has 1 aliphatic rings. The van der Waals surface area contributed by atoms with E-state index < -0.39 is 0 Å². The van der Waals surface area contributed by atoms with E-state index in [-0.39, 0.29) is 12.6 Å². The van der Waals surface area contributed by atoms with E-state index in [4.69, 9.17) is 5.11 Å². The van der Waals surface area contributed by atoms with Gasteiger partial charge in [0.1, 0.15) is 0 Å². The van der Waals surface area contributed by atoms with E-state index in [1.807, 2.05) is 6.92 Å². The van der Waals surface area contributed by atoms with Crippen molar-refractivity contribution in [2.24, 2.45) is 11.8 Å². The van der Waals surface area contributed by atoms with Crippen molar-refractivity contribution in [1.29, 1.82) is 0 Å². The summed E-state index contributed by atoms with van der Waals surface area (Å²) in [6.45, 7) is 3.70. The Labute approximate surface area is 91.4 Å². The molecule has 1 rings (SSSR count). The summed E-state index contributed by atoms with van der Waals surface area (Å²) in [5.41, 5.74) is 0. The van der Waals surface area contributed by atoms with Gasteiger partial charge < -0.3 is 15.7 Å². The van der Waals surface area contributed by atoms with Gasteiger partial charge in [0.25, 0.3) is 0 Å². The second kappa shape index (κ2) is 6.67. The van der Waals surface area contributed by atoms with Crippen molar-refractivity contribution in [1.82, 2.24) is 10.6 Å². The van der Waals surface area contributed by atoms with E-state index in [1.54, 1.807) is 0 Å². The third-order valence-corrected chi connectivity index (χ3v) is 3.11. The van der Waals surface area contributed by atoms with E-state index in [0.717, 1.165) is 25.8 Å². The summed E-state index contributed by atoms with van der Waals surface area (Å²) in [7, 11) is 0. The number of rotatable bonds is 5. The molecule has 0 radical (unpaired) electrons. The van der Waals surface area contributed by atoms with Crippen LogP contribution in [-0.4, -0.2) is 30.8 Å². The van der Waals surface area contributed by atoms with Crippen molar-refractivity contribution in [2.75, 3.05) is 19.7 Å². The van der Waals surface area contributed by atoms with Gasteiger partial charge in [-0.2, -0.15) is 0 Å². The molecule has 0 aromatic heterocycles. The number of nitrogens with one attached hydrogen (secondary N) is 2. The number of urea groups is 1. The molecule has 2 unspecified atom stereocenters. The van der Waals surface area contributed by atoms with Gasteiger partial charge in [-0.15, -0.1) is 0 Å². The van der Waals surface area contributed by atoms with Crippen LogP contribution in [0.2, 0.25) is 0 Å². The number of carbonyl (C=O) groups excluding carboxylic acids is 1. The highest BCUT2D eigenvalue weighted by atomic mass is 16.3. The molecule has 0 aromatic rings. The van der Waals surface area contributed by atoms with Gasteiger partial charge in [0, 0.05) is 19.7 Å². The Morgan fingerprint density at radius 2 is 2.07 bits per heavy atom. The van der Waals surface area contributed by atoms with Crippen molar-refractivity contribution < 1.29 is 9.90 Å². The number of amides is 2. The minimum absolute atomic E-state index is 0.0829. The Hall–Kier alpha value is -0.770. The number of aliphatic hydroxyl groups is 1. The smallest absolute Gasteiger partial charge is 0.314 e. The molecule has 0 spiro atoms. The Kier molecular flexibility index (Phi) is 5.47. The highest BCUT2D eigenvalue weighted by Gasteiger charge is 2.26. The fourth-order valence-corrected chi connectivity index (χ4v) is 2.15. The first kappa shape index (κ1) is 12.3. The lowest BCUT2D eigenvalue weighted by Crippen LogP contribution is -2.39. The maximum absolute atomic E-state index is 11.3. The lowest BCUT2D eigenvalue weighted by Gasteiger charge is -2.17. The summed E-state index contributed by atoms with van der Waals surface area (Å²) >= 11 is 0. The summed E-state index contributed by atoms with van der Waals surface area (Å²) in [6, 6.07) is -0.0829. The standard InChI is InChI=1S/C11H22N2O2/c1-2-6-12-11(15)13-7-9-4-3-5-10(9)8-14/h9-10,14H,2-8H2,1H3,(H2,12,13,15). The van der Waals surface area contributed by atoms with Crippen LogP contribution in [-0.2, 0) is 0 Å². The molecule has 88 valence electrons. The fourth-order valence-electron chi connectivity index (χ4n) is 2.15. The summed E-state index contributed by atoms with van der Waals surface area (Å²) in [5, 5.41) is 14.8. The van der Waals surface area contributed by atoms with Crippen molar-refractivity contribution in [3.8, 4) is 0 Å². The van der Waals surface area contributed by atoms with Crippen molar-refractivity contribution in [3.63, 3.8) is 0 Å². The fraction of sp³-hybridized carbons (Fsp3) is 0.909. The number of hydrogen-bond donors (Lipinski definition) is 3. The van der Waals surface area contributed by atoms with Crippen LogP contribution in [0, 0.1) is 11.8 Å². The molecule has 2 amide bonds. The molecule has 1 aliphatic carbocycles. The van der Waals surface area contributed by atoms with Gasteiger partial charge in [-0.1, -0.05) is 13.3 Å². The Bertz CT molecular complexity index is 197. The average Bonchev–Trinajstić information content (AvgIpc) is 2.70. The van der Waals surface area contributed by atoms with Crippen LogP contribution in [0.1, 0.15) is 32.6 Å². The first-order valence-electron chi connectivity index (χ1n) is 5.90. The molecule has 4 nitrogen and oxygen atoms in total. The molecule has 0 aromatic carbocycles. The van der Waals surface area contributed by atoms with Crippen LogP contribution >= 0.6 is 0 Å². The van der Waals surface area contributed by atoms with Crippen LogP contribution in [0.15, 0.2) is 0 Å². The van der Waals surface area contributed by atoms with Crippen LogP contribution < -0.4 is 10.6 Å². The molecule has 15 heavy (non-hydrogen) atoms. The SMILES string of the molecule is CCCNC(=O)NCC1CCCC1CO. The van der Waals surface area contributed by atoms with Crippen LogP contribution in [0.25, 0.3) is 0 Å². The van der Waals surface area contributed by atoms with E-state index >= 15 is 0 Å². The Morgan fingerprint density at radius 3 is 2.73 bits per heavy atom. The largest absolute Gasteiger partial charge is 0.396 e. The van der Waals surface area contributed by atoms with Gasteiger partial charge >= 0.3 is 6.03 Å². The molecule has 0 heterocycles. The molecule has 0 aliphatic heterocycles. The van der Waals surface area contributed by atoms with Gasteiger partial charge in [-0.25, -0.2) is 4.79 Å². The topological polar surface area (TPSA) is 61.4 Å². The Morgan fingerprint density at radius 1 is 1.33 bits per heavy atom. The van der Waals surface area contributed by atoms with Crippen molar-refractivity contribution in [3.05, 3.63) is 0 Å². The monoisotopic (exact) mass is 214 g/mol. The molecule has 1 fully saturated rings. The van der Waals surface area contributed by atoms with E-state index in [0.29, 0.717) is 18.4 Å². The molecule has 3 N–H and O–H groups in total. The van der Waals surface area contributed by atoms with Gasteiger partial charge in [-0.3, -0.25) is 0 Å². The lowest BCUT2D eigenvalue weighted by atomic mass is 9.97. The van der Waals surface area contributed by atoms with Gasteiger partial charge in [-0.05, 0) is 31.1 Å². The van der Waals surface area contributed by atoms with E-state index in [1.165, 1.54) is 6.42 Å². The maximum atomic E-state index is 11.3. The molecular formula is C11H22N2O2. The van der Waals surface area contributed by atoms with Crippen LogP contribution in [0.3, 0.4) is 0 Å². The first-order chi connectivity index (χ1) is 7.27. The molecule has 4 heteroatoms. The second-order valence-corrected chi connectivity index (χ2v) is 4.27. The minimum Gasteiger partial charge on any atom is -0.396 e. The molecule has 2 atom stereocenters. The number of carbonyl (C=O) groups is 1. The second-order valence-electron chi connectivity index (χ2n) is 4.27. The highest BCUT2D eigenvalue weighted by Crippen LogP contribution is 2.30.